The van der Waals surface area contributed by atoms with Crippen LogP contribution in [-0.2, 0) is 16.0 Å². The summed E-state index contributed by atoms with van der Waals surface area (Å²) < 4.78 is 4.67. The normalized spacial score (nSPS) is 14.3. The van der Waals surface area contributed by atoms with Crippen LogP contribution in [0.5, 0.6) is 0 Å². The number of hydrogen-bond donors (Lipinski definition) is 1. The summed E-state index contributed by atoms with van der Waals surface area (Å²) in [6.07, 6.45) is 0.859. The summed E-state index contributed by atoms with van der Waals surface area (Å²) in [5.74, 6) is -0.552. The van der Waals surface area contributed by atoms with Crippen LogP contribution in [0.4, 0.5) is 5.69 Å². The van der Waals surface area contributed by atoms with Crippen molar-refractivity contribution in [3.63, 3.8) is 0 Å². The van der Waals surface area contributed by atoms with Gasteiger partial charge < -0.3 is 15.0 Å². The first kappa shape index (κ1) is 21.5. The zero-order valence-electron chi connectivity index (χ0n) is 17.4. The largest absolute Gasteiger partial charge is 0.465 e. The molecule has 2 aromatic carbocycles. The van der Waals surface area contributed by atoms with Crippen molar-refractivity contribution in [3.8, 4) is 0 Å². The number of methoxy groups -OCH3 is 1. The van der Waals surface area contributed by atoms with E-state index in [2.05, 4.69) is 17.0 Å². The number of anilines is 1. The van der Waals surface area contributed by atoms with Gasteiger partial charge in [0.15, 0.2) is 0 Å². The highest BCUT2D eigenvalue weighted by atomic mass is 16.5. The van der Waals surface area contributed by atoms with Crippen molar-refractivity contribution in [2.24, 2.45) is 0 Å². The summed E-state index contributed by atoms with van der Waals surface area (Å²) in [4.78, 5) is 40.5. The van der Waals surface area contributed by atoms with Gasteiger partial charge in [0.05, 0.1) is 19.2 Å². The minimum Gasteiger partial charge on any atom is -0.465 e. The van der Waals surface area contributed by atoms with Crippen molar-refractivity contribution in [2.75, 3.05) is 45.2 Å². The van der Waals surface area contributed by atoms with Crippen LogP contribution in [-0.4, -0.2) is 67.4 Å². The average Bonchev–Trinajstić information content (AvgIpc) is 2.79. The third kappa shape index (κ3) is 5.24. The Bertz CT molecular complexity index is 903. The van der Waals surface area contributed by atoms with Crippen LogP contribution in [0.25, 0.3) is 0 Å². The lowest BCUT2D eigenvalue weighted by molar-refractivity contribution is -0.117. The summed E-state index contributed by atoms with van der Waals surface area (Å²) in [5.41, 5.74) is 2.91. The quantitative estimate of drug-likeness (QED) is 0.742. The maximum absolute atomic E-state index is 12.7. The minimum atomic E-state index is -0.428. The lowest BCUT2D eigenvalue weighted by Crippen LogP contribution is -2.50. The Morgan fingerprint density at radius 3 is 2.20 bits per heavy atom. The number of aryl methyl sites for hydroxylation is 1. The maximum atomic E-state index is 12.7. The molecule has 0 aromatic heterocycles. The second-order valence-electron chi connectivity index (χ2n) is 7.20. The summed E-state index contributed by atoms with van der Waals surface area (Å²) in [5, 5.41) is 2.99. The van der Waals surface area contributed by atoms with Gasteiger partial charge in [-0.15, -0.1) is 0 Å². The first-order valence-electron chi connectivity index (χ1n) is 10.1. The third-order valence-electron chi connectivity index (χ3n) is 5.25. The highest BCUT2D eigenvalue weighted by molar-refractivity contribution is 5.96. The number of amides is 2. The third-order valence-corrected chi connectivity index (χ3v) is 5.25. The number of hydrogen-bond acceptors (Lipinski definition) is 5. The van der Waals surface area contributed by atoms with Gasteiger partial charge in [0, 0.05) is 37.4 Å². The second-order valence-corrected chi connectivity index (χ2v) is 7.20. The smallest absolute Gasteiger partial charge is 0.337 e. The maximum Gasteiger partial charge on any atom is 0.337 e. The van der Waals surface area contributed by atoms with Gasteiger partial charge in [0.25, 0.3) is 5.91 Å². The lowest BCUT2D eigenvalue weighted by Gasteiger charge is -2.34. The molecule has 0 spiro atoms. The second kappa shape index (κ2) is 10.0. The Hall–Kier alpha value is -3.19. The van der Waals surface area contributed by atoms with Crippen molar-refractivity contribution in [2.45, 2.75) is 13.3 Å². The van der Waals surface area contributed by atoms with E-state index in [1.807, 2.05) is 29.2 Å². The van der Waals surface area contributed by atoms with Gasteiger partial charge in [0.2, 0.25) is 5.91 Å². The number of rotatable bonds is 6. The molecule has 0 bridgehead atoms. The molecule has 1 saturated heterocycles. The van der Waals surface area contributed by atoms with Crippen LogP contribution in [0.2, 0.25) is 0 Å². The van der Waals surface area contributed by atoms with Crippen molar-refractivity contribution in [1.29, 1.82) is 0 Å². The highest BCUT2D eigenvalue weighted by Gasteiger charge is 2.23. The van der Waals surface area contributed by atoms with Gasteiger partial charge in [-0.2, -0.15) is 0 Å². The number of piperazine rings is 1. The van der Waals surface area contributed by atoms with Crippen molar-refractivity contribution in [3.05, 3.63) is 65.2 Å². The standard InChI is InChI=1S/C23H27N3O4/c1-3-17-6-4-5-7-20(17)24-21(27)16-25-12-14-26(15-13-25)22(28)18-8-10-19(11-9-18)23(29)30-2/h4-11H,3,12-16H2,1-2H3,(H,24,27). The van der Waals surface area contributed by atoms with E-state index in [0.717, 1.165) is 17.7 Å². The number of esters is 1. The number of nitrogens with zero attached hydrogens (tertiary/aromatic N) is 2. The van der Waals surface area contributed by atoms with Crippen molar-refractivity contribution < 1.29 is 19.1 Å². The monoisotopic (exact) mass is 409 g/mol. The van der Waals surface area contributed by atoms with Crippen LogP contribution < -0.4 is 5.32 Å². The molecule has 1 aliphatic rings. The molecule has 0 aliphatic carbocycles. The molecule has 2 amide bonds. The Balaban J connectivity index is 1.50. The van der Waals surface area contributed by atoms with Crippen molar-refractivity contribution in [1.82, 2.24) is 9.80 Å². The Kier molecular flexibility index (Phi) is 7.19. The molecule has 2 aromatic rings. The van der Waals surface area contributed by atoms with Crippen LogP contribution in [0, 0.1) is 0 Å². The molecule has 7 nitrogen and oxygen atoms in total. The predicted molar refractivity (Wildman–Crippen MR) is 115 cm³/mol. The number of benzene rings is 2. The molecular weight excluding hydrogens is 382 g/mol. The predicted octanol–water partition coefficient (Wildman–Crippen LogP) is 2.43. The molecule has 3 rings (SSSR count). The Morgan fingerprint density at radius 2 is 1.57 bits per heavy atom. The SMILES string of the molecule is CCc1ccccc1NC(=O)CN1CCN(C(=O)c2ccc(C(=O)OC)cc2)CC1. The zero-order chi connectivity index (χ0) is 21.5. The van der Waals surface area contributed by atoms with E-state index in [1.54, 1.807) is 29.2 Å². The first-order chi connectivity index (χ1) is 14.5. The number of nitrogens with one attached hydrogen (secondary N) is 1. The molecule has 7 heteroatoms. The Morgan fingerprint density at radius 1 is 0.933 bits per heavy atom. The van der Waals surface area contributed by atoms with E-state index < -0.39 is 5.97 Å². The number of ether oxygens (including phenoxy) is 1. The molecular formula is C23H27N3O4. The lowest BCUT2D eigenvalue weighted by atomic mass is 10.1. The van der Waals surface area contributed by atoms with Gasteiger partial charge in [-0.05, 0) is 42.3 Å². The van der Waals surface area contributed by atoms with Gasteiger partial charge in [-0.3, -0.25) is 14.5 Å². The highest BCUT2D eigenvalue weighted by Crippen LogP contribution is 2.16. The number of carbonyl (C=O) groups excluding carboxylic acids is 3. The fourth-order valence-corrected chi connectivity index (χ4v) is 3.50. The molecule has 1 heterocycles. The van der Waals surface area contributed by atoms with E-state index >= 15 is 0 Å². The van der Waals surface area contributed by atoms with E-state index in [-0.39, 0.29) is 11.8 Å². The van der Waals surface area contributed by atoms with Crippen molar-refractivity contribution >= 4 is 23.5 Å². The van der Waals surface area contributed by atoms with Crippen LogP contribution in [0.15, 0.2) is 48.5 Å². The molecule has 1 N–H and O–H groups in total. The minimum absolute atomic E-state index is 0.0472. The molecule has 0 radical (unpaired) electrons. The zero-order valence-corrected chi connectivity index (χ0v) is 17.4. The van der Waals surface area contributed by atoms with E-state index in [0.29, 0.717) is 43.9 Å². The van der Waals surface area contributed by atoms with Crippen LogP contribution >= 0.6 is 0 Å². The van der Waals surface area contributed by atoms with Gasteiger partial charge in [0.1, 0.15) is 0 Å². The molecule has 30 heavy (non-hydrogen) atoms. The first-order valence-corrected chi connectivity index (χ1v) is 10.1. The molecule has 0 atom stereocenters. The fraction of sp³-hybridized carbons (Fsp3) is 0.348. The van der Waals surface area contributed by atoms with Crippen LogP contribution in [0.3, 0.4) is 0 Å². The topological polar surface area (TPSA) is 79.0 Å². The number of para-hydroxylation sites is 1. The fourth-order valence-electron chi connectivity index (χ4n) is 3.50. The summed E-state index contributed by atoms with van der Waals surface area (Å²) in [6, 6.07) is 14.3. The van der Waals surface area contributed by atoms with Crippen LogP contribution in [0.1, 0.15) is 33.2 Å². The van der Waals surface area contributed by atoms with Gasteiger partial charge >= 0.3 is 5.97 Å². The summed E-state index contributed by atoms with van der Waals surface area (Å²) in [7, 11) is 1.32. The molecule has 0 saturated carbocycles. The molecule has 0 unspecified atom stereocenters. The van der Waals surface area contributed by atoms with Gasteiger partial charge in [-0.25, -0.2) is 4.79 Å². The molecule has 1 aliphatic heterocycles. The van der Waals surface area contributed by atoms with E-state index in [1.165, 1.54) is 7.11 Å². The molecule has 1 fully saturated rings. The summed E-state index contributed by atoms with van der Waals surface area (Å²) in [6.45, 7) is 4.73. The van der Waals surface area contributed by atoms with Gasteiger partial charge in [-0.1, -0.05) is 25.1 Å². The average molecular weight is 409 g/mol. The molecule has 158 valence electrons. The summed E-state index contributed by atoms with van der Waals surface area (Å²) >= 11 is 0. The number of carbonyl (C=O) groups is 3. The Labute approximate surface area is 176 Å². The van der Waals surface area contributed by atoms with E-state index in [9.17, 15) is 14.4 Å². The van der Waals surface area contributed by atoms with E-state index in [4.69, 9.17) is 0 Å².